The highest BCUT2D eigenvalue weighted by atomic mass is 32.2. The van der Waals surface area contributed by atoms with Gasteiger partial charge in [-0.15, -0.1) is 30.1 Å². The molecule has 1 aromatic carbocycles. The summed E-state index contributed by atoms with van der Waals surface area (Å²) in [7, 11) is 0. The van der Waals surface area contributed by atoms with Gasteiger partial charge in [0.15, 0.2) is 0 Å². The van der Waals surface area contributed by atoms with E-state index in [1.165, 1.54) is 10.5 Å². The van der Waals surface area contributed by atoms with Crippen molar-refractivity contribution in [3.63, 3.8) is 0 Å². The maximum absolute atomic E-state index is 4.45. The van der Waals surface area contributed by atoms with E-state index in [4.69, 9.17) is 0 Å². The van der Waals surface area contributed by atoms with Crippen LogP contribution in [0.3, 0.4) is 0 Å². The Morgan fingerprint density at radius 1 is 1.06 bits per heavy atom. The molecule has 1 nitrogen and oxygen atoms in total. The Balaban J connectivity index is 2.02. The quantitative estimate of drug-likeness (QED) is 0.561. The minimum absolute atomic E-state index is 0.921. The van der Waals surface area contributed by atoms with Gasteiger partial charge in [-0.05, 0) is 17.7 Å². The molecule has 0 radical (unpaired) electrons. The summed E-state index contributed by atoms with van der Waals surface area (Å²) >= 11 is 3.57. The third kappa shape index (κ3) is 3.93. The molecule has 0 aliphatic rings. The van der Waals surface area contributed by atoms with Crippen molar-refractivity contribution in [2.75, 3.05) is 5.75 Å². The van der Waals surface area contributed by atoms with Crippen LogP contribution in [0.4, 0.5) is 0 Å². The second-order valence-electron chi connectivity index (χ2n) is 3.68. The number of nitrogens with zero attached hydrogens (tertiary/aromatic N) is 1. The molecule has 0 spiro atoms. The Morgan fingerprint density at radius 2 is 1.89 bits per heavy atom. The molecule has 2 rings (SSSR count). The molecule has 0 saturated heterocycles. The summed E-state index contributed by atoms with van der Waals surface area (Å²) in [6.45, 7) is 3.75. The SMILES string of the molecule is C=CCSc1cccnc1SCc1ccccc1. The molecule has 0 N–H and O–H groups in total. The molecule has 0 aliphatic heterocycles. The van der Waals surface area contributed by atoms with Gasteiger partial charge in [0, 0.05) is 22.6 Å². The van der Waals surface area contributed by atoms with Crippen molar-refractivity contribution in [2.24, 2.45) is 0 Å². The Kier molecular flexibility index (Phi) is 5.36. The van der Waals surface area contributed by atoms with Gasteiger partial charge in [0.05, 0.1) is 0 Å². The molecule has 1 heterocycles. The van der Waals surface area contributed by atoms with Gasteiger partial charge in [-0.25, -0.2) is 4.98 Å². The van der Waals surface area contributed by atoms with Gasteiger partial charge in [-0.2, -0.15) is 0 Å². The van der Waals surface area contributed by atoms with Crippen molar-refractivity contribution in [3.8, 4) is 0 Å². The second kappa shape index (κ2) is 7.29. The lowest BCUT2D eigenvalue weighted by Gasteiger charge is -2.06. The van der Waals surface area contributed by atoms with E-state index in [0.717, 1.165) is 16.5 Å². The van der Waals surface area contributed by atoms with Gasteiger partial charge < -0.3 is 0 Å². The molecule has 0 unspecified atom stereocenters. The van der Waals surface area contributed by atoms with E-state index in [-0.39, 0.29) is 0 Å². The van der Waals surface area contributed by atoms with Crippen LogP contribution < -0.4 is 0 Å². The fourth-order valence-corrected chi connectivity index (χ4v) is 3.31. The highest BCUT2D eigenvalue weighted by molar-refractivity contribution is 8.02. The lowest BCUT2D eigenvalue weighted by Crippen LogP contribution is -1.86. The van der Waals surface area contributed by atoms with E-state index in [0.29, 0.717) is 0 Å². The number of rotatable bonds is 6. The van der Waals surface area contributed by atoms with Crippen LogP contribution in [0.1, 0.15) is 5.56 Å². The topological polar surface area (TPSA) is 12.9 Å². The average Bonchev–Trinajstić information content (AvgIpc) is 2.45. The molecule has 18 heavy (non-hydrogen) atoms. The summed E-state index contributed by atoms with van der Waals surface area (Å²) in [5.74, 6) is 1.88. The van der Waals surface area contributed by atoms with Crippen molar-refractivity contribution in [1.29, 1.82) is 0 Å². The van der Waals surface area contributed by atoms with Crippen LogP contribution in [-0.2, 0) is 5.75 Å². The predicted molar refractivity (Wildman–Crippen MR) is 81.2 cm³/mol. The first-order valence-electron chi connectivity index (χ1n) is 5.75. The summed E-state index contributed by atoms with van der Waals surface area (Å²) in [5, 5.41) is 1.10. The van der Waals surface area contributed by atoms with E-state index >= 15 is 0 Å². The predicted octanol–water partition coefficient (Wildman–Crippen LogP) is 4.65. The highest BCUT2D eigenvalue weighted by Crippen LogP contribution is 2.30. The fourth-order valence-electron chi connectivity index (χ4n) is 1.47. The van der Waals surface area contributed by atoms with Crippen molar-refractivity contribution in [3.05, 3.63) is 66.9 Å². The fraction of sp³-hybridized carbons (Fsp3) is 0.133. The van der Waals surface area contributed by atoms with E-state index in [1.807, 2.05) is 24.4 Å². The van der Waals surface area contributed by atoms with Crippen LogP contribution in [0.15, 0.2) is 71.2 Å². The minimum atomic E-state index is 0.921. The van der Waals surface area contributed by atoms with Crippen LogP contribution in [0.2, 0.25) is 0 Å². The van der Waals surface area contributed by atoms with Gasteiger partial charge in [0.2, 0.25) is 0 Å². The van der Waals surface area contributed by atoms with E-state index < -0.39 is 0 Å². The lowest BCUT2D eigenvalue weighted by molar-refractivity contribution is 1.03. The number of hydrogen-bond donors (Lipinski definition) is 0. The first-order valence-corrected chi connectivity index (χ1v) is 7.72. The highest BCUT2D eigenvalue weighted by Gasteiger charge is 2.04. The molecule has 2 aromatic rings. The zero-order chi connectivity index (χ0) is 12.6. The molecule has 0 fully saturated rings. The summed E-state index contributed by atoms with van der Waals surface area (Å²) in [6, 6.07) is 14.6. The first kappa shape index (κ1) is 13.2. The second-order valence-corrected chi connectivity index (χ2v) is 5.71. The monoisotopic (exact) mass is 273 g/mol. The van der Waals surface area contributed by atoms with Crippen LogP contribution in [0, 0.1) is 0 Å². The first-order chi connectivity index (χ1) is 8.90. The largest absolute Gasteiger partial charge is 0.249 e. The van der Waals surface area contributed by atoms with Gasteiger partial charge in [0.25, 0.3) is 0 Å². The minimum Gasteiger partial charge on any atom is -0.249 e. The summed E-state index contributed by atoms with van der Waals surface area (Å²) in [4.78, 5) is 5.69. The van der Waals surface area contributed by atoms with Crippen molar-refractivity contribution in [1.82, 2.24) is 4.98 Å². The average molecular weight is 273 g/mol. The van der Waals surface area contributed by atoms with Crippen LogP contribution in [-0.4, -0.2) is 10.7 Å². The number of thioether (sulfide) groups is 2. The Bertz CT molecular complexity index is 497. The lowest BCUT2D eigenvalue weighted by atomic mass is 10.2. The summed E-state index contributed by atoms with van der Waals surface area (Å²) < 4.78 is 0. The Morgan fingerprint density at radius 3 is 2.67 bits per heavy atom. The molecule has 92 valence electrons. The standard InChI is InChI=1S/C15H15NS2/c1-2-11-17-14-9-6-10-16-15(14)18-12-13-7-4-3-5-8-13/h2-10H,1,11-12H2. The Hall–Kier alpha value is -1.19. The van der Waals surface area contributed by atoms with Gasteiger partial charge >= 0.3 is 0 Å². The van der Waals surface area contributed by atoms with Crippen molar-refractivity contribution < 1.29 is 0 Å². The summed E-state index contributed by atoms with van der Waals surface area (Å²) in [6.07, 6.45) is 3.77. The van der Waals surface area contributed by atoms with Gasteiger partial charge in [-0.1, -0.05) is 36.4 Å². The van der Waals surface area contributed by atoms with E-state index in [9.17, 15) is 0 Å². The van der Waals surface area contributed by atoms with Crippen LogP contribution in [0.25, 0.3) is 0 Å². The summed E-state index contributed by atoms with van der Waals surface area (Å²) in [5.41, 5.74) is 1.33. The van der Waals surface area contributed by atoms with Crippen LogP contribution in [0.5, 0.6) is 0 Å². The smallest absolute Gasteiger partial charge is 0.110 e. The zero-order valence-corrected chi connectivity index (χ0v) is 11.7. The van der Waals surface area contributed by atoms with E-state index in [1.54, 1.807) is 23.5 Å². The zero-order valence-electron chi connectivity index (χ0n) is 10.1. The molecule has 0 amide bonds. The maximum Gasteiger partial charge on any atom is 0.110 e. The normalized spacial score (nSPS) is 10.2. The van der Waals surface area contributed by atoms with E-state index in [2.05, 4.69) is 41.9 Å². The molecule has 3 heteroatoms. The number of hydrogen-bond acceptors (Lipinski definition) is 3. The molecular formula is C15H15NS2. The number of benzene rings is 1. The molecule has 0 saturated carbocycles. The molecule has 0 aliphatic carbocycles. The van der Waals surface area contributed by atoms with Gasteiger partial charge in [-0.3, -0.25) is 0 Å². The third-order valence-corrected chi connectivity index (χ3v) is 4.56. The number of aromatic nitrogens is 1. The molecule has 0 atom stereocenters. The molecular weight excluding hydrogens is 258 g/mol. The Labute approximate surface area is 117 Å². The molecule has 0 bridgehead atoms. The van der Waals surface area contributed by atoms with Crippen molar-refractivity contribution in [2.45, 2.75) is 15.7 Å². The number of pyridine rings is 1. The van der Waals surface area contributed by atoms with Crippen molar-refractivity contribution >= 4 is 23.5 Å². The maximum atomic E-state index is 4.45. The van der Waals surface area contributed by atoms with Gasteiger partial charge in [0.1, 0.15) is 5.03 Å². The molecule has 1 aromatic heterocycles. The van der Waals surface area contributed by atoms with Crippen LogP contribution >= 0.6 is 23.5 Å². The third-order valence-electron chi connectivity index (χ3n) is 2.31.